The van der Waals surface area contributed by atoms with E-state index in [1.807, 2.05) is 0 Å². The lowest BCUT2D eigenvalue weighted by molar-refractivity contribution is -0.121. The van der Waals surface area contributed by atoms with Gasteiger partial charge in [-0.1, -0.05) is 38.1 Å². The predicted molar refractivity (Wildman–Crippen MR) is 143 cm³/mol. The van der Waals surface area contributed by atoms with Gasteiger partial charge in [0.1, 0.15) is 12.4 Å². The van der Waals surface area contributed by atoms with Gasteiger partial charge in [0.05, 0.1) is 11.3 Å². The van der Waals surface area contributed by atoms with Crippen LogP contribution in [0.15, 0.2) is 52.1 Å². The van der Waals surface area contributed by atoms with Crippen LogP contribution < -0.4 is 33.5 Å². The van der Waals surface area contributed by atoms with Crippen molar-refractivity contribution in [2.45, 2.75) is 26.9 Å². The van der Waals surface area contributed by atoms with E-state index in [4.69, 9.17) is 16.9 Å². The topological polar surface area (TPSA) is 202 Å². The molecular weight excluding hydrogens is 511 g/mol. The van der Waals surface area contributed by atoms with Crippen LogP contribution in [0.25, 0.3) is 5.69 Å². The number of amidine groups is 1. The number of hydrogen-bond donors (Lipinski definition) is 6. The summed E-state index contributed by atoms with van der Waals surface area (Å²) >= 11 is 0. The number of nitrogens with zero attached hydrogens (tertiary/aromatic N) is 3. The van der Waals surface area contributed by atoms with E-state index in [2.05, 4.69) is 10.7 Å². The van der Waals surface area contributed by atoms with Crippen LogP contribution in [0.4, 0.5) is 15.8 Å². The van der Waals surface area contributed by atoms with Gasteiger partial charge in [-0.25, -0.2) is 23.7 Å². The molecule has 0 aliphatic carbocycles. The van der Waals surface area contributed by atoms with E-state index in [0.717, 1.165) is 12.1 Å². The summed E-state index contributed by atoms with van der Waals surface area (Å²) in [5, 5.41) is 20.9. The van der Waals surface area contributed by atoms with Gasteiger partial charge in [-0.05, 0) is 23.8 Å². The summed E-state index contributed by atoms with van der Waals surface area (Å²) < 4.78 is 16.7. The highest BCUT2D eigenvalue weighted by Crippen LogP contribution is 2.18. The molecule has 39 heavy (non-hydrogen) atoms. The molecule has 1 amide bonds. The first-order valence-electron chi connectivity index (χ1n) is 11.9. The van der Waals surface area contributed by atoms with Gasteiger partial charge in [0, 0.05) is 30.9 Å². The molecule has 3 aromatic rings. The standard InChI is InChI=1S/C25H29FN8O5/c1-3-32(4-2)31-20-21(26)34(18-10-16(24(37)38)9-17(27)11-18)25(39)33(23(20)36)13-19(35)30-12-14-5-7-15(8-6-14)22(28)29/h5-11,31H,3-4,12-13,27H2,1-2H3,(H3,28,29)(H,30,35)(H,37,38). The lowest BCUT2D eigenvalue weighted by atomic mass is 10.1. The van der Waals surface area contributed by atoms with Crippen molar-refractivity contribution in [3.8, 4) is 5.69 Å². The summed E-state index contributed by atoms with van der Waals surface area (Å²) in [7, 11) is 0. The minimum Gasteiger partial charge on any atom is -0.478 e. The molecule has 0 atom stereocenters. The third-order valence-corrected chi connectivity index (χ3v) is 5.82. The van der Waals surface area contributed by atoms with Gasteiger partial charge in [0.25, 0.3) is 5.56 Å². The predicted octanol–water partition coefficient (Wildman–Crippen LogP) is 0.688. The zero-order valence-electron chi connectivity index (χ0n) is 21.3. The van der Waals surface area contributed by atoms with Crippen LogP contribution in [0.3, 0.4) is 0 Å². The van der Waals surface area contributed by atoms with E-state index >= 15 is 4.39 Å². The molecule has 206 valence electrons. The van der Waals surface area contributed by atoms with Gasteiger partial charge in [0.2, 0.25) is 11.9 Å². The Labute approximate surface area is 221 Å². The molecule has 1 heterocycles. The largest absolute Gasteiger partial charge is 0.478 e. The molecule has 1 aromatic heterocycles. The molecule has 0 radical (unpaired) electrons. The number of anilines is 2. The summed E-state index contributed by atoms with van der Waals surface area (Å²) in [4.78, 5) is 50.8. The zero-order valence-corrected chi connectivity index (χ0v) is 21.3. The molecule has 0 aliphatic rings. The first-order chi connectivity index (χ1) is 18.5. The molecule has 0 saturated heterocycles. The van der Waals surface area contributed by atoms with Gasteiger partial charge >= 0.3 is 11.7 Å². The van der Waals surface area contributed by atoms with Crippen LogP contribution in [-0.2, 0) is 17.9 Å². The van der Waals surface area contributed by atoms with Crippen molar-refractivity contribution in [2.75, 3.05) is 24.2 Å². The van der Waals surface area contributed by atoms with Crippen molar-refractivity contribution in [3.63, 3.8) is 0 Å². The van der Waals surface area contributed by atoms with Gasteiger partial charge in [-0.3, -0.25) is 15.0 Å². The minimum absolute atomic E-state index is 0.0445. The third-order valence-electron chi connectivity index (χ3n) is 5.82. The van der Waals surface area contributed by atoms with Crippen molar-refractivity contribution in [3.05, 3.63) is 85.9 Å². The maximum atomic E-state index is 15.7. The first-order valence-corrected chi connectivity index (χ1v) is 11.9. The normalized spacial score (nSPS) is 10.9. The summed E-state index contributed by atoms with van der Waals surface area (Å²) in [5.41, 5.74) is 11.6. The molecule has 13 nitrogen and oxygen atoms in total. The number of carbonyl (C=O) groups is 2. The number of carbonyl (C=O) groups excluding carboxylic acids is 1. The number of aromatic nitrogens is 2. The number of nitrogen functional groups attached to an aromatic ring is 2. The number of nitrogens with two attached hydrogens (primary N) is 2. The van der Waals surface area contributed by atoms with Gasteiger partial charge in [-0.2, -0.15) is 4.39 Å². The molecule has 0 bridgehead atoms. The van der Waals surface area contributed by atoms with Crippen molar-refractivity contribution in [1.29, 1.82) is 5.41 Å². The maximum absolute atomic E-state index is 15.7. The van der Waals surface area contributed by atoms with Crippen LogP contribution >= 0.6 is 0 Å². The molecule has 8 N–H and O–H groups in total. The molecule has 3 rings (SSSR count). The van der Waals surface area contributed by atoms with E-state index in [1.54, 1.807) is 38.1 Å². The van der Waals surface area contributed by atoms with E-state index < -0.39 is 41.3 Å². The molecule has 0 aliphatic heterocycles. The van der Waals surface area contributed by atoms with Crippen LogP contribution in [0.5, 0.6) is 0 Å². The van der Waals surface area contributed by atoms with Crippen molar-refractivity contribution < 1.29 is 19.1 Å². The zero-order chi connectivity index (χ0) is 28.9. The second-order valence-electron chi connectivity index (χ2n) is 8.46. The molecule has 0 saturated carbocycles. The lowest BCUT2D eigenvalue weighted by Crippen LogP contribution is -2.47. The molecule has 14 heteroatoms. The second kappa shape index (κ2) is 12.0. The Kier molecular flexibility index (Phi) is 8.83. The number of halogens is 1. The monoisotopic (exact) mass is 540 g/mol. The molecule has 0 spiro atoms. The number of nitrogens with one attached hydrogen (secondary N) is 3. The van der Waals surface area contributed by atoms with E-state index in [9.17, 15) is 24.3 Å². The third kappa shape index (κ3) is 6.48. The van der Waals surface area contributed by atoms with Crippen LogP contribution in [0.1, 0.15) is 35.3 Å². The summed E-state index contributed by atoms with van der Waals surface area (Å²) in [6.45, 7) is 3.57. The van der Waals surface area contributed by atoms with Gasteiger partial charge in [0.15, 0.2) is 5.69 Å². The molecular formula is C25H29FN8O5. The van der Waals surface area contributed by atoms with Crippen molar-refractivity contribution in [1.82, 2.24) is 19.5 Å². The van der Waals surface area contributed by atoms with Gasteiger partial charge in [-0.15, -0.1) is 0 Å². The number of aromatic carboxylic acids is 1. The summed E-state index contributed by atoms with van der Waals surface area (Å²) in [5.74, 6) is -3.46. The Hall–Kier alpha value is -4.98. The number of carboxylic acids is 1. The number of rotatable bonds is 11. The highest BCUT2D eigenvalue weighted by Gasteiger charge is 2.24. The Bertz CT molecular complexity index is 1530. The smallest absolute Gasteiger partial charge is 0.338 e. The highest BCUT2D eigenvalue weighted by atomic mass is 19.1. The second-order valence-corrected chi connectivity index (χ2v) is 8.46. The van der Waals surface area contributed by atoms with Crippen LogP contribution in [-0.4, -0.2) is 50.1 Å². The number of hydrazine groups is 1. The number of hydrogen-bond acceptors (Lipinski definition) is 8. The SMILES string of the molecule is CCN(CC)Nc1c(F)n(-c2cc(N)cc(C(=O)O)c2)c(=O)n(CC(=O)NCc2ccc(C(=N)N)cc2)c1=O. The fourth-order valence-corrected chi connectivity index (χ4v) is 3.71. The Balaban J connectivity index is 2.05. The number of carboxylic acid groups (broad SMARTS) is 1. The Morgan fingerprint density at radius 2 is 1.72 bits per heavy atom. The molecule has 0 unspecified atom stereocenters. The van der Waals surface area contributed by atoms with Crippen LogP contribution in [0.2, 0.25) is 0 Å². The number of benzene rings is 2. The van der Waals surface area contributed by atoms with Crippen molar-refractivity contribution in [2.24, 2.45) is 5.73 Å². The average Bonchev–Trinajstić information content (AvgIpc) is 2.90. The minimum atomic E-state index is -1.36. The van der Waals surface area contributed by atoms with Gasteiger partial charge < -0.3 is 27.3 Å². The Morgan fingerprint density at radius 1 is 1.08 bits per heavy atom. The maximum Gasteiger partial charge on any atom is 0.338 e. The Morgan fingerprint density at radius 3 is 2.28 bits per heavy atom. The summed E-state index contributed by atoms with van der Waals surface area (Å²) in [6.07, 6.45) is 0. The molecule has 2 aromatic carbocycles. The number of amides is 1. The van der Waals surface area contributed by atoms with E-state index in [-0.39, 0.29) is 29.3 Å². The van der Waals surface area contributed by atoms with Crippen LogP contribution in [0, 0.1) is 11.4 Å². The van der Waals surface area contributed by atoms with E-state index in [0.29, 0.717) is 33.4 Å². The first kappa shape index (κ1) is 28.6. The fourth-order valence-electron chi connectivity index (χ4n) is 3.71. The summed E-state index contributed by atoms with van der Waals surface area (Å²) in [6, 6.07) is 9.86. The fraction of sp³-hybridized carbons (Fsp3) is 0.240. The van der Waals surface area contributed by atoms with E-state index in [1.165, 1.54) is 11.1 Å². The lowest BCUT2D eigenvalue weighted by Gasteiger charge is -2.22. The molecule has 0 fully saturated rings. The quantitative estimate of drug-likeness (QED) is 0.0665. The average molecular weight is 541 g/mol. The van der Waals surface area contributed by atoms with Crippen molar-refractivity contribution >= 4 is 29.1 Å². The highest BCUT2D eigenvalue weighted by molar-refractivity contribution is 5.94.